The van der Waals surface area contributed by atoms with Gasteiger partial charge < -0.3 is 5.32 Å². The Bertz CT molecular complexity index is 913. The monoisotopic (exact) mass is 493 g/mol. The van der Waals surface area contributed by atoms with Crippen LogP contribution >= 0.6 is 39.7 Å². The van der Waals surface area contributed by atoms with Gasteiger partial charge in [0.05, 0.1) is 5.71 Å². The Balaban J connectivity index is 1.37. The molecule has 2 amide bonds. The van der Waals surface area contributed by atoms with Gasteiger partial charge in [-0.25, -0.2) is 4.99 Å². The topological polar surface area (TPSA) is 61.8 Å². The molecular formula is C21H21BrClN3O2S. The molecule has 5 nitrogen and oxygen atoms in total. The zero-order chi connectivity index (χ0) is 20.8. The smallest absolute Gasteiger partial charge is 0.241 e. The number of nitrogens with one attached hydrogen (secondary N) is 1. The summed E-state index contributed by atoms with van der Waals surface area (Å²) < 4.78 is 0.867. The number of rotatable bonds is 8. The van der Waals surface area contributed by atoms with Gasteiger partial charge in [-0.3, -0.25) is 14.5 Å². The molecule has 1 aromatic rings. The molecule has 152 valence electrons. The molecule has 1 aliphatic heterocycles. The SMILES string of the molecule is O=C(CCCCCN1C(=O)C2C=C(Br)C=CC2=NC1=S)NCc1cccc(Cl)c1. The number of amides is 2. The fourth-order valence-electron chi connectivity index (χ4n) is 3.18. The van der Waals surface area contributed by atoms with Gasteiger partial charge in [0.25, 0.3) is 0 Å². The van der Waals surface area contributed by atoms with Crippen LogP contribution in [0.1, 0.15) is 31.2 Å². The van der Waals surface area contributed by atoms with Gasteiger partial charge in [-0.1, -0.05) is 52.2 Å². The van der Waals surface area contributed by atoms with E-state index < -0.39 is 0 Å². The average Bonchev–Trinajstić information content (AvgIpc) is 2.69. The van der Waals surface area contributed by atoms with Gasteiger partial charge in [0.15, 0.2) is 0 Å². The van der Waals surface area contributed by atoms with Gasteiger partial charge in [-0.15, -0.1) is 0 Å². The van der Waals surface area contributed by atoms with Crippen LogP contribution in [0, 0.1) is 5.92 Å². The number of fused-ring (bicyclic) bond motifs is 1. The molecule has 0 fully saturated rings. The largest absolute Gasteiger partial charge is 0.352 e. The molecule has 0 saturated carbocycles. The van der Waals surface area contributed by atoms with E-state index in [1.165, 1.54) is 0 Å². The van der Waals surface area contributed by atoms with E-state index in [4.69, 9.17) is 23.8 Å². The quantitative estimate of drug-likeness (QED) is 0.426. The minimum absolute atomic E-state index is 0.00719. The van der Waals surface area contributed by atoms with Crippen molar-refractivity contribution in [1.82, 2.24) is 10.2 Å². The molecular weight excluding hydrogens is 474 g/mol. The molecule has 29 heavy (non-hydrogen) atoms. The van der Waals surface area contributed by atoms with Gasteiger partial charge in [-0.2, -0.15) is 0 Å². The van der Waals surface area contributed by atoms with Gasteiger partial charge in [0.1, 0.15) is 5.92 Å². The Hall–Kier alpha value is -1.83. The van der Waals surface area contributed by atoms with Gasteiger partial charge in [0, 0.05) is 29.0 Å². The summed E-state index contributed by atoms with van der Waals surface area (Å²) in [6, 6.07) is 7.43. The third-order valence-electron chi connectivity index (χ3n) is 4.71. The van der Waals surface area contributed by atoms with E-state index in [0.717, 1.165) is 29.3 Å². The highest BCUT2D eigenvalue weighted by Crippen LogP contribution is 2.25. The minimum Gasteiger partial charge on any atom is -0.352 e. The van der Waals surface area contributed by atoms with E-state index in [-0.39, 0.29) is 17.7 Å². The maximum absolute atomic E-state index is 12.7. The Kier molecular flexibility index (Phi) is 7.75. The number of thiocarbonyl (C=S) groups is 1. The van der Waals surface area contributed by atoms with E-state index in [1.54, 1.807) is 11.0 Å². The Morgan fingerprint density at radius 1 is 1.28 bits per heavy atom. The predicted molar refractivity (Wildman–Crippen MR) is 123 cm³/mol. The Morgan fingerprint density at radius 3 is 2.90 bits per heavy atom. The second-order valence-electron chi connectivity index (χ2n) is 6.89. The number of benzene rings is 1. The zero-order valence-corrected chi connectivity index (χ0v) is 18.9. The van der Waals surface area contributed by atoms with Gasteiger partial charge in [0.2, 0.25) is 16.9 Å². The lowest BCUT2D eigenvalue weighted by Crippen LogP contribution is -2.46. The fraction of sp³-hybridized carbons (Fsp3) is 0.333. The van der Waals surface area contributed by atoms with E-state index in [2.05, 4.69) is 26.2 Å². The first-order valence-electron chi connectivity index (χ1n) is 9.44. The number of aliphatic imine (C=N–C) groups is 1. The molecule has 1 aliphatic carbocycles. The van der Waals surface area contributed by atoms with Gasteiger partial charge >= 0.3 is 0 Å². The van der Waals surface area contributed by atoms with Crippen LogP contribution in [0.15, 0.2) is 52.0 Å². The van der Waals surface area contributed by atoms with Crippen LogP contribution in [0.3, 0.4) is 0 Å². The van der Waals surface area contributed by atoms with E-state index in [0.29, 0.717) is 35.4 Å². The molecule has 3 rings (SSSR count). The van der Waals surface area contributed by atoms with E-state index in [9.17, 15) is 9.59 Å². The maximum Gasteiger partial charge on any atom is 0.241 e. The van der Waals surface area contributed by atoms with E-state index >= 15 is 0 Å². The summed E-state index contributed by atoms with van der Waals surface area (Å²) in [5.74, 6) is -0.410. The molecule has 0 bridgehead atoms. The highest BCUT2D eigenvalue weighted by Gasteiger charge is 2.34. The average molecular weight is 495 g/mol. The lowest BCUT2D eigenvalue weighted by Gasteiger charge is -2.30. The van der Waals surface area contributed by atoms with Crippen LogP contribution in [0.2, 0.25) is 5.02 Å². The molecule has 0 radical (unpaired) electrons. The van der Waals surface area contributed by atoms with Crippen molar-refractivity contribution in [3.8, 4) is 0 Å². The van der Waals surface area contributed by atoms with E-state index in [1.807, 2.05) is 36.4 Å². The molecule has 1 unspecified atom stereocenters. The summed E-state index contributed by atoms with van der Waals surface area (Å²) in [4.78, 5) is 30.7. The van der Waals surface area contributed by atoms with Crippen molar-refractivity contribution in [3.05, 3.63) is 57.6 Å². The normalized spacial score (nSPS) is 18.3. The molecule has 1 heterocycles. The first-order chi connectivity index (χ1) is 13.9. The van der Waals surface area contributed by atoms with Crippen LogP contribution in [-0.4, -0.2) is 34.1 Å². The summed E-state index contributed by atoms with van der Waals surface area (Å²) in [5, 5.41) is 3.87. The Morgan fingerprint density at radius 2 is 2.10 bits per heavy atom. The summed E-state index contributed by atoms with van der Waals surface area (Å²) in [6.45, 7) is 0.986. The molecule has 0 saturated heterocycles. The molecule has 8 heteroatoms. The van der Waals surface area contributed by atoms with Crippen LogP contribution in [-0.2, 0) is 16.1 Å². The first-order valence-corrected chi connectivity index (χ1v) is 11.0. The van der Waals surface area contributed by atoms with Crippen molar-refractivity contribution < 1.29 is 9.59 Å². The number of carbonyl (C=O) groups is 2. The fourth-order valence-corrected chi connectivity index (χ4v) is 4.08. The molecule has 1 atom stereocenters. The second kappa shape index (κ2) is 10.3. The van der Waals surface area contributed by atoms with Crippen molar-refractivity contribution in [1.29, 1.82) is 0 Å². The van der Waals surface area contributed by atoms with Crippen molar-refractivity contribution in [3.63, 3.8) is 0 Å². The third-order valence-corrected chi connectivity index (χ3v) is 5.79. The number of allylic oxidation sites excluding steroid dienone is 3. The standard InChI is InChI=1S/C21H21BrClN3O2S/c22-15-8-9-18-17(12-15)20(28)26(21(29)25-18)10-3-1-2-7-19(27)24-13-14-5-4-6-16(23)11-14/h4-6,8-9,11-12,17H,1-3,7,10,13H2,(H,24,27). The van der Waals surface area contributed by atoms with Crippen LogP contribution in [0.25, 0.3) is 0 Å². The minimum atomic E-state index is -0.377. The highest BCUT2D eigenvalue weighted by molar-refractivity contribution is 9.11. The van der Waals surface area contributed by atoms with Crippen molar-refractivity contribution in [2.24, 2.45) is 10.9 Å². The number of unbranched alkanes of at least 4 members (excludes halogenated alkanes) is 2. The summed E-state index contributed by atoms with van der Waals surface area (Å²) in [7, 11) is 0. The number of hydrogen-bond acceptors (Lipinski definition) is 3. The summed E-state index contributed by atoms with van der Waals surface area (Å²) in [5.41, 5.74) is 1.66. The molecule has 1 N–H and O–H groups in total. The van der Waals surface area contributed by atoms with Crippen LogP contribution in [0.4, 0.5) is 0 Å². The predicted octanol–water partition coefficient (Wildman–Crippen LogP) is 4.55. The second-order valence-corrected chi connectivity index (χ2v) is 8.61. The molecule has 2 aliphatic rings. The molecule has 0 spiro atoms. The zero-order valence-electron chi connectivity index (χ0n) is 15.7. The number of hydrogen-bond donors (Lipinski definition) is 1. The van der Waals surface area contributed by atoms with Crippen LogP contribution in [0.5, 0.6) is 0 Å². The molecule has 0 aromatic heterocycles. The highest BCUT2D eigenvalue weighted by atomic mass is 79.9. The van der Waals surface area contributed by atoms with Gasteiger partial charge in [-0.05, 0) is 54.9 Å². The maximum atomic E-state index is 12.7. The lowest BCUT2D eigenvalue weighted by atomic mass is 9.95. The first kappa shape index (κ1) is 21.9. The van der Waals surface area contributed by atoms with Crippen molar-refractivity contribution in [2.45, 2.75) is 32.2 Å². The van der Waals surface area contributed by atoms with Crippen LogP contribution < -0.4 is 5.32 Å². The summed E-state index contributed by atoms with van der Waals surface area (Å²) in [6.07, 6.45) is 8.33. The number of halogens is 2. The summed E-state index contributed by atoms with van der Waals surface area (Å²) >= 11 is 14.6. The number of carbonyl (C=O) groups excluding carboxylic acids is 2. The number of nitrogens with zero attached hydrogens (tertiary/aromatic N) is 2. The Labute approximate surface area is 189 Å². The molecule has 1 aromatic carbocycles. The van der Waals surface area contributed by atoms with Crippen molar-refractivity contribution >= 4 is 62.4 Å². The lowest BCUT2D eigenvalue weighted by molar-refractivity contribution is -0.128. The van der Waals surface area contributed by atoms with Crippen molar-refractivity contribution in [2.75, 3.05) is 6.54 Å². The third kappa shape index (κ3) is 6.07.